The third-order valence-electron chi connectivity index (χ3n) is 5.77. The molecule has 4 aromatic rings. The van der Waals surface area contributed by atoms with Crippen molar-refractivity contribution in [1.29, 1.82) is 0 Å². The Morgan fingerprint density at radius 3 is 2.78 bits per heavy atom. The molecule has 1 atom stereocenters. The fourth-order valence-corrected chi connectivity index (χ4v) is 4.08. The molecular weight excluding hydrogens is 424 g/mol. The number of aromatic nitrogens is 4. The van der Waals surface area contributed by atoms with Gasteiger partial charge in [0.05, 0.1) is 17.6 Å². The Bertz CT molecular complexity index is 1280. The molecule has 0 bridgehead atoms. The number of pyridine rings is 1. The average molecular weight is 444 g/mol. The Morgan fingerprint density at radius 2 is 2.00 bits per heavy atom. The summed E-state index contributed by atoms with van der Waals surface area (Å²) in [5, 5.41) is 7.34. The fraction of sp³-hybridized carbons (Fsp3) is 0.318. The van der Waals surface area contributed by atoms with E-state index in [0.717, 1.165) is 25.1 Å². The van der Waals surface area contributed by atoms with E-state index in [1.165, 1.54) is 6.07 Å². The number of aromatic amines is 1. The third kappa shape index (κ3) is 3.86. The van der Waals surface area contributed by atoms with Gasteiger partial charge < -0.3 is 15.6 Å². The van der Waals surface area contributed by atoms with Gasteiger partial charge in [0.25, 0.3) is 0 Å². The minimum atomic E-state index is -4.42. The first-order valence-corrected chi connectivity index (χ1v) is 10.3. The molecule has 32 heavy (non-hydrogen) atoms. The van der Waals surface area contributed by atoms with E-state index in [1.807, 2.05) is 0 Å². The van der Waals surface area contributed by atoms with Crippen molar-refractivity contribution in [2.45, 2.75) is 24.7 Å². The number of nitrogens with one attached hydrogen (secondary N) is 3. The number of rotatable bonds is 4. The van der Waals surface area contributed by atoms with E-state index < -0.39 is 17.4 Å². The standard InChI is InChI=1S/C22H20F4N6/c23-21(4-1-5-27-11-21)12-31-20-30-8-13-7-28-9-17(19(13)32-20)16-10-29-18-6-14(22(24,25)26)2-3-15(16)18/h2-3,6-10,27,29H,1,4-5,11-12H2,(H,30,31,32)/t21-/m1/s1. The van der Waals surface area contributed by atoms with Crippen molar-refractivity contribution in [3.05, 3.63) is 48.5 Å². The summed E-state index contributed by atoms with van der Waals surface area (Å²) < 4.78 is 54.1. The van der Waals surface area contributed by atoms with Crippen LogP contribution in [0, 0.1) is 0 Å². The van der Waals surface area contributed by atoms with Crippen molar-refractivity contribution in [2.75, 3.05) is 25.0 Å². The fourth-order valence-electron chi connectivity index (χ4n) is 4.08. The summed E-state index contributed by atoms with van der Waals surface area (Å²) in [4.78, 5) is 16.0. The average Bonchev–Trinajstić information content (AvgIpc) is 3.20. The Labute approximate surface area is 180 Å². The molecule has 1 aliphatic rings. The number of hydrogen-bond donors (Lipinski definition) is 3. The van der Waals surface area contributed by atoms with E-state index in [1.54, 1.807) is 24.8 Å². The number of benzene rings is 1. The van der Waals surface area contributed by atoms with Gasteiger partial charge in [-0.05, 0) is 31.5 Å². The monoisotopic (exact) mass is 444 g/mol. The molecule has 1 fully saturated rings. The van der Waals surface area contributed by atoms with Gasteiger partial charge in [-0.15, -0.1) is 0 Å². The van der Waals surface area contributed by atoms with Crippen LogP contribution >= 0.6 is 0 Å². The van der Waals surface area contributed by atoms with Crippen LogP contribution < -0.4 is 10.6 Å². The van der Waals surface area contributed by atoms with Crippen molar-refractivity contribution in [3.8, 4) is 11.1 Å². The zero-order valence-electron chi connectivity index (χ0n) is 16.9. The summed E-state index contributed by atoms with van der Waals surface area (Å²) in [5.74, 6) is 0.284. The summed E-state index contributed by atoms with van der Waals surface area (Å²) in [7, 11) is 0. The van der Waals surface area contributed by atoms with Gasteiger partial charge in [-0.3, -0.25) is 4.98 Å². The summed E-state index contributed by atoms with van der Waals surface area (Å²) in [6.07, 6.45) is 3.27. The number of halogens is 4. The lowest BCUT2D eigenvalue weighted by Crippen LogP contribution is -2.46. The predicted octanol–water partition coefficient (Wildman–Crippen LogP) is 4.70. The van der Waals surface area contributed by atoms with Crippen molar-refractivity contribution in [1.82, 2.24) is 25.3 Å². The largest absolute Gasteiger partial charge is 0.416 e. The predicted molar refractivity (Wildman–Crippen MR) is 114 cm³/mol. The molecule has 6 nitrogen and oxygen atoms in total. The van der Waals surface area contributed by atoms with Gasteiger partial charge in [-0.1, -0.05) is 6.07 Å². The van der Waals surface area contributed by atoms with Crippen LogP contribution in [0.4, 0.5) is 23.5 Å². The third-order valence-corrected chi connectivity index (χ3v) is 5.77. The Morgan fingerprint density at radius 1 is 1.12 bits per heavy atom. The van der Waals surface area contributed by atoms with E-state index in [2.05, 4.69) is 30.6 Å². The van der Waals surface area contributed by atoms with Gasteiger partial charge in [0, 0.05) is 58.7 Å². The molecule has 0 radical (unpaired) electrons. The molecule has 3 aromatic heterocycles. The second-order valence-electron chi connectivity index (χ2n) is 8.06. The summed E-state index contributed by atoms with van der Waals surface area (Å²) >= 11 is 0. The number of nitrogens with zero attached hydrogens (tertiary/aromatic N) is 3. The second-order valence-corrected chi connectivity index (χ2v) is 8.06. The SMILES string of the molecule is FC(F)(F)c1ccc2c(-c3cncc4cnc(NC[C@@]5(F)CCCNC5)nc34)c[nH]c2c1. The van der Waals surface area contributed by atoms with Crippen LogP contribution in [0.3, 0.4) is 0 Å². The number of hydrogen-bond acceptors (Lipinski definition) is 5. The highest BCUT2D eigenvalue weighted by Crippen LogP contribution is 2.36. The van der Waals surface area contributed by atoms with E-state index in [9.17, 15) is 17.6 Å². The van der Waals surface area contributed by atoms with Crippen LogP contribution in [0.15, 0.2) is 43.0 Å². The molecule has 4 heterocycles. The molecule has 0 spiro atoms. The van der Waals surface area contributed by atoms with Gasteiger partial charge in [0.2, 0.25) is 5.95 Å². The highest BCUT2D eigenvalue weighted by atomic mass is 19.4. The molecule has 3 N–H and O–H groups in total. The van der Waals surface area contributed by atoms with E-state index >= 15 is 0 Å². The van der Waals surface area contributed by atoms with Crippen molar-refractivity contribution >= 4 is 27.8 Å². The number of fused-ring (bicyclic) bond motifs is 2. The molecule has 166 valence electrons. The Hall–Kier alpha value is -3.27. The highest BCUT2D eigenvalue weighted by molar-refractivity contribution is 6.03. The van der Waals surface area contributed by atoms with E-state index in [0.29, 0.717) is 39.4 Å². The molecule has 1 saturated heterocycles. The molecule has 1 aliphatic heterocycles. The molecule has 1 aromatic carbocycles. The highest BCUT2D eigenvalue weighted by Gasteiger charge is 2.32. The van der Waals surface area contributed by atoms with Crippen molar-refractivity contribution in [2.24, 2.45) is 0 Å². The molecule has 0 saturated carbocycles. The second kappa shape index (κ2) is 7.70. The minimum Gasteiger partial charge on any atom is -0.361 e. The quantitative estimate of drug-likeness (QED) is 0.398. The van der Waals surface area contributed by atoms with Crippen LogP contribution in [0.5, 0.6) is 0 Å². The zero-order chi connectivity index (χ0) is 22.3. The first-order chi connectivity index (χ1) is 15.3. The number of piperidine rings is 1. The van der Waals surface area contributed by atoms with Gasteiger partial charge in [0.15, 0.2) is 0 Å². The minimum absolute atomic E-state index is 0.0826. The first kappa shape index (κ1) is 20.6. The lowest BCUT2D eigenvalue weighted by atomic mass is 9.96. The topological polar surface area (TPSA) is 78.5 Å². The summed E-state index contributed by atoms with van der Waals surface area (Å²) in [6.45, 7) is 1.17. The van der Waals surface area contributed by atoms with Gasteiger partial charge in [-0.25, -0.2) is 14.4 Å². The van der Waals surface area contributed by atoms with Gasteiger partial charge in [0.1, 0.15) is 5.67 Å². The number of anilines is 1. The lowest BCUT2D eigenvalue weighted by molar-refractivity contribution is -0.137. The molecule has 0 aliphatic carbocycles. The van der Waals surface area contributed by atoms with E-state index in [4.69, 9.17) is 0 Å². The smallest absolute Gasteiger partial charge is 0.361 e. The van der Waals surface area contributed by atoms with E-state index in [-0.39, 0.29) is 19.0 Å². The molecule has 5 rings (SSSR count). The van der Waals surface area contributed by atoms with Crippen molar-refractivity contribution < 1.29 is 17.6 Å². The molecule has 0 amide bonds. The molecular formula is C22H20F4N6. The number of alkyl halides is 4. The van der Waals surface area contributed by atoms with Crippen molar-refractivity contribution in [3.63, 3.8) is 0 Å². The van der Waals surface area contributed by atoms with Gasteiger partial charge in [-0.2, -0.15) is 13.2 Å². The van der Waals surface area contributed by atoms with Gasteiger partial charge >= 0.3 is 6.18 Å². The molecule has 0 unspecified atom stereocenters. The van der Waals surface area contributed by atoms with Crippen LogP contribution in [0.1, 0.15) is 18.4 Å². The first-order valence-electron chi connectivity index (χ1n) is 10.3. The normalized spacial score (nSPS) is 19.5. The van der Waals surface area contributed by atoms with Crippen LogP contribution in [-0.2, 0) is 6.18 Å². The summed E-state index contributed by atoms with van der Waals surface area (Å²) in [5.41, 5.74) is 0.171. The Balaban J connectivity index is 1.51. The maximum Gasteiger partial charge on any atom is 0.416 e. The van der Waals surface area contributed by atoms with Crippen LogP contribution in [0.2, 0.25) is 0 Å². The maximum absolute atomic E-state index is 14.9. The summed E-state index contributed by atoms with van der Waals surface area (Å²) in [6, 6.07) is 3.57. The number of H-pyrrole nitrogens is 1. The maximum atomic E-state index is 14.9. The lowest BCUT2D eigenvalue weighted by Gasteiger charge is -2.30. The van der Waals surface area contributed by atoms with Crippen LogP contribution in [0.25, 0.3) is 32.9 Å². The molecule has 10 heteroatoms. The zero-order valence-corrected chi connectivity index (χ0v) is 16.9. The van der Waals surface area contributed by atoms with Crippen LogP contribution in [-0.4, -0.2) is 45.2 Å². The Kier molecular flexibility index (Phi) is 4.96.